The highest BCUT2D eigenvalue weighted by Crippen LogP contribution is 2.40. The molecule has 0 radical (unpaired) electrons. The van der Waals surface area contributed by atoms with Gasteiger partial charge in [0.25, 0.3) is 11.5 Å². The van der Waals surface area contributed by atoms with Gasteiger partial charge in [-0.15, -0.1) is 0 Å². The summed E-state index contributed by atoms with van der Waals surface area (Å²) in [6.07, 6.45) is 5.57. The van der Waals surface area contributed by atoms with E-state index in [4.69, 9.17) is 17.3 Å². The Labute approximate surface area is 267 Å². The predicted molar refractivity (Wildman–Crippen MR) is 181 cm³/mol. The predicted octanol–water partition coefficient (Wildman–Crippen LogP) is 5.28. The van der Waals surface area contributed by atoms with Gasteiger partial charge in [0.2, 0.25) is 0 Å². The lowest BCUT2D eigenvalue weighted by atomic mass is 9.81. The number of carbonyl (C=O) groups excluding carboxylic acids is 1. The lowest BCUT2D eigenvalue weighted by Crippen LogP contribution is -2.37. The second-order valence-corrected chi connectivity index (χ2v) is 11.4. The van der Waals surface area contributed by atoms with E-state index in [0.29, 0.717) is 51.5 Å². The van der Waals surface area contributed by atoms with Crippen LogP contribution in [0, 0.1) is 0 Å². The summed E-state index contributed by atoms with van der Waals surface area (Å²) in [5.74, 6) is -0.213. The molecule has 45 heavy (non-hydrogen) atoms. The molecule has 0 aliphatic heterocycles. The maximum Gasteiger partial charge on any atom is 0.251 e. The smallest absolute Gasteiger partial charge is 0.251 e. The Morgan fingerprint density at radius 2 is 1.78 bits per heavy atom. The number of rotatable bonds is 10. The molecular weight excluding hydrogens is 586 g/mol. The first-order valence-electron chi connectivity index (χ1n) is 14.5. The normalized spacial score (nSPS) is 13.0. The number of aryl methyl sites for hydroxylation is 2. The van der Waals surface area contributed by atoms with Crippen LogP contribution in [-0.4, -0.2) is 38.6 Å². The molecule has 8 nitrogen and oxygen atoms in total. The number of carbonyl (C=O) groups is 1. The number of hydrogen-bond donors (Lipinski definition) is 3. The molecule has 0 fully saturated rings. The Kier molecular flexibility index (Phi) is 8.99. The van der Waals surface area contributed by atoms with Crippen molar-refractivity contribution in [3.05, 3.63) is 154 Å². The van der Waals surface area contributed by atoms with Crippen molar-refractivity contribution in [3.8, 4) is 11.1 Å². The number of nitrogens with one attached hydrogen (secondary N) is 1. The highest BCUT2D eigenvalue weighted by molar-refractivity contribution is 6.30. The molecule has 0 saturated carbocycles. The standard InChI is InChI=1S/C36H36ClN5O3/c1-5-40(2)33(23-38)36(45,26-13-11-24(12-14-26)35(44)39-18-17-29-10-7-19-41(29)3)27-15-16-32-31(21-27)30(22-34(43)42(32)4)25-8-6-9-28(37)20-25/h5-16,19-23,45H,1,17-18,38H2,2-4H3,(H,39,44)/b33-23-. The van der Waals surface area contributed by atoms with E-state index < -0.39 is 5.60 Å². The Hall–Kier alpha value is -5.05. The number of amides is 1. The first-order chi connectivity index (χ1) is 21.6. The molecular formula is C36H36ClN5O3. The van der Waals surface area contributed by atoms with Gasteiger partial charge in [-0.25, -0.2) is 0 Å². The van der Waals surface area contributed by atoms with Crippen LogP contribution in [-0.2, 0) is 26.1 Å². The third-order valence-corrected chi connectivity index (χ3v) is 8.50. The van der Waals surface area contributed by atoms with Crippen molar-refractivity contribution in [2.24, 2.45) is 19.8 Å². The first kappa shape index (κ1) is 31.4. The molecule has 1 atom stereocenters. The monoisotopic (exact) mass is 621 g/mol. The third-order valence-electron chi connectivity index (χ3n) is 8.27. The molecule has 2 aromatic heterocycles. The van der Waals surface area contributed by atoms with Gasteiger partial charge in [0, 0.05) is 74.2 Å². The van der Waals surface area contributed by atoms with Crippen molar-refractivity contribution in [1.29, 1.82) is 0 Å². The molecule has 3 aromatic carbocycles. The van der Waals surface area contributed by atoms with Gasteiger partial charge in [0.15, 0.2) is 5.60 Å². The molecule has 1 unspecified atom stereocenters. The van der Waals surface area contributed by atoms with Crippen LogP contribution < -0.4 is 16.6 Å². The van der Waals surface area contributed by atoms with E-state index in [2.05, 4.69) is 11.9 Å². The van der Waals surface area contributed by atoms with Crippen LogP contribution >= 0.6 is 11.6 Å². The summed E-state index contributed by atoms with van der Waals surface area (Å²) in [7, 11) is 5.42. The van der Waals surface area contributed by atoms with Crippen molar-refractivity contribution in [2.75, 3.05) is 13.6 Å². The fraction of sp³-hybridized carbons (Fsp3) is 0.167. The molecule has 1 amide bonds. The molecule has 9 heteroatoms. The van der Waals surface area contributed by atoms with Crippen LogP contribution in [0.25, 0.3) is 22.0 Å². The number of benzene rings is 3. The van der Waals surface area contributed by atoms with Crippen LogP contribution in [0.3, 0.4) is 0 Å². The second-order valence-electron chi connectivity index (χ2n) is 10.9. The van der Waals surface area contributed by atoms with Crippen LogP contribution in [0.15, 0.2) is 121 Å². The molecule has 0 spiro atoms. The van der Waals surface area contributed by atoms with Gasteiger partial charge >= 0.3 is 0 Å². The van der Waals surface area contributed by atoms with Gasteiger partial charge in [-0.05, 0) is 77.0 Å². The SMILES string of the molecule is C=CN(C)/C(=C\N)C(O)(c1ccc(C(=O)NCCc2cccn2C)cc1)c1ccc2c(c1)c(-c1cccc(Cl)c1)cc(=O)n2C. The van der Waals surface area contributed by atoms with Crippen molar-refractivity contribution in [3.63, 3.8) is 0 Å². The van der Waals surface area contributed by atoms with E-state index in [-0.39, 0.29) is 11.5 Å². The van der Waals surface area contributed by atoms with E-state index in [1.807, 2.05) is 54.2 Å². The first-order valence-corrected chi connectivity index (χ1v) is 14.9. The summed E-state index contributed by atoms with van der Waals surface area (Å²) in [6.45, 7) is 4.35. The number of fused-ring (bicyclic) bond motifs is 1. The van der Waals surface area contributed by atoms with Crippen LogP contribution in [0.5, 0.6) is 0 Å². The van der Waals surface area contributed by atoms with Gasteiger partial charge in [0.05, 0.1) is 11.2 Å². The average Bonchev–Trinajstić information content (AvgIpc) is 3.46. The van der Waals surface area contributed by atoms with Gasteiger partial charge in [-0.3, -0.25) is 9.59 Å². The average molecular weight is 622 g/mol. The van der Waals surface area contributed by atoms with Crippen molar-refractivity contribution in [2.45, 2.75) is 12.0 Å². The number of pyridine rings is 1. The summed E-state index contributed by atoms with van der Waals surface area (Å²) in [4.78, 5) is 27.5. The highest BCUT2D eigenvalue weighted by Gasteiger charge is 2.38. The topological polar surface area (TPSA) is 106 Å². The Morgan fingerprint density at radius 3 is 2.42 bits per heavy atom. The van der Waals surface area contributed by atoms with E-state index in [1.165, 1.54) is 6.20 Å². The number of hydrogen-bond acceptors (Lipinski definition) is 5. The summed E-state index contributed by atoms with van der Waals surface area (Å²) < 4.78 is 3.59. The molecule has 5 aromatic rings. The minimum atomic E-state index is -1.76. The van der Waals surface area contributed by atoms with Gasteiger partial charge in [-0.2, -0.15) is 0 Å². The van der Waals surface area contributed by atoms with Gasteiger partial charge in [-0.1, -0.05) is 48.5 Å². The van der Waals surface area contributed by atoms with Crippen molar-refractivity contribution in [1.82, 2.24) is 19.4 Å². The lowest BCUT2D eigenvalue weighted by Gasteiger charge is -2.36. The van der Waals surface area contributed by atoms with E-state index in [0.717, 1.165) is 16.6 Å². The number of aromatic nitrogens is 2. The van der Waals surface area contributed by atoms with E-state index >= 15 is 0 Å². The van der Waals surface area contributed by atoms with Crippen LogP contribution in [0.4, 0.5) is 0 Å². The van der Waals surface area contributed by atoms with Crippen molar-refractivity contribution >= 4 is 28.4 Å². The number of aliphatic hydroxyl groups is 1. The minimum absolute atomic E-state index is 0.174. The third kappa shape index (κ3) is 6.02. The summed E-state index contributed by atoms with van der Waals surface area (Å²) in [6, 6.07) is 25.1. The number of nitrogens with zero attached hydrogens (tertiary/aromatic N) is 3. The fourth-order valence-corrected chi connectivity index (χ4v) is 5.85. The molecule has 0 bridgehead atoms. The van der Waals surface area contributed by atoms with Gasteiger partial charge < -0.3 is 30.2 Å². The van der Waals surface area contributed by atoms with E-state index in [1.54, 1.807) is 78.3 Å². The molecule has 0 aliphatic carbocycles. The van der Waals surface area contributed by atoms with Crippen LogP contribution in [0.2, 0.25) is 5.02 Å². The van der Waals surface area contributed by atoms with Gasteiger partial charge in [0.1, 0.15) is 0 Å². The number of nitrogens with two attached hydrogens (primary N) is 1. The van der Waals surface area contributed by atoms with Crippen LogP contribution in [0.1, 0.15) is 27.2 Å². The van der Waals surface area contributed by atoms with Crippen molar-refractivity contribution < 1.29 is 9.90 Å². The fourth-order valence-electron chi connectivity index (χ4n) is 5.66. The summed E-state index contributed by atoms with van der Waals surface area (Å²) in [5.41, 5.74) is 9.27. The second kappa shape index (κ2) is 12.9. The zero-order valence-electron chi connectivity index (χ0n) is 25.5. The molecule has 2 heterocycles. The molecule has 4 N–H and O–H groups in total. The maximum absolute atomic E-state index is 13.0. The minimum Gasteiger partial charge on any atom is -0.403 e. The molecule has 230 valence electrons. The maximum atomic E-state index is 13.0. The largest absolute Gasteiger partial charge is 0.403 e. The quantitative estimate of drug-likeness (QED) is 0.197. The molecule has 0 aliphatic rings. The zero-order chi connectivity index (χ0) is 32.3. The lowest BCUT2D eigenvalue weighted by molar-refractivity contribution is 0.0943. The Bertz CT molecular complexity index is 1980. The molecule has 5 rings (SSSR count). The highest BCUT2D eigenvalue weighted by atomic mass is 35.5. The summed E-state index contributed by atoms with van der Waals surface area (Å²) in [5, 5.41) is 16.9. The zero-order valence-corrected chi connectivity index (χ0v) is 26.3. The number of halogens is 1. The Morgan fingerprint density at radius 1 is 1.04 bits per heavy atom. The van der Waals surface area contributed by atoms with E-state index in [9.17, 15) is 14.7 Å². The summed E-state index contributed by atoms with van der Waals surface area (Å²) >= 11 is 6.32. The molecule has 0 saturated heterocycles. The Balaban J connectivity index is 1.59. The number of likely N-dealkylation sites (N-methyl/N-ethyl adjacent to an activating group) is 1.